The van der Waals surface area contributed by atoms with Gasteiger partial charge in [-0.05, 0) is 32.8 Å². The van der Waals surface area contributed by atoms with Crippen LogP contribution in [0.3, 0.4) is 0 Å². The third-order valence-corrected chi connectivity index (χ3v) is 5.13. The monoisotopic (exact) mass is 282 g/mol. The SMILES string of the molecule is C/C=C/C(Cc1ccccc1)P(=O)(OCC)OCC. The van der Waals surface area contributed by atoms with Gasteiger partial charge >= 0.3 is 7.60 Å². The highest BCUT2D eigenvalue weighted by Gasteiger charge is 2.33. The second-order valence-corrected chi connectivity index (χ2v) is 6.42. The van der Waals surface area contributed by atoms with E-state index in [1.807, 2.05) is 63.3 Å². The first-order chi connectivity index (χ1) is 9.16. The van der Waals surface area contributed by atoms with Crippen LogP contribution in [0.2, 0.25) is 0 Å². The van der Waals surface area contributed by atoms with Crippen LogP contribution in [0.1, 0.15) is 26.3 Å². The van der Waals surface area contributed by atoms with Gasteiger partial charge in [-0.3, -0.25) is 4.57 Å². The molecular weight excluding hydrogens is 259 g/mol. The Morgan fingerprint density at radius 1 is 1.16 bits per heavy atom. The van der Waals surface area contributed by atoms with Crippen molar-refractivity contribution in [2.24, 2.45) is 0 Å². The summed E-state index contributed by atoms with van der Waals surface area (Å²) in [5, 5.41) is 0. The summed E-state index contributed by atoms with van der Waals surface area (Å²) in [6, 6.07) is 9.99. The predicted molar refractivity (Wildman–Crippen MR) is 79.6 cm³/mol. The lowest BCUT2D eigenvalue weighted by molar-refractivity contribution is 0.215. The second-order valence-electron chi connectivity index (χ2n) is 4.16. The van der Waals surface area contributed by atoms with Gasteiger partial charge in [0.1, 0.15) is 0 Å². The van der Waals surface area contributed by atoms with E-state index in [4.69, 9.17) is 9.05 Å². The fraction of sp³-hybridized carbons (Fsp3) is 0.467. The highest BCUT2D eigenvalue weighted by molar-refractivity contribution is 7.54. The van der Waals surface area contributed by atoms with Crippen molar-refractivity contribution in [2.75, 3.05) is 13.2 Å². The quantitative estimate of drug-likeness (QED) is 0.522. The van der Waals surface area contributed by atoms with E-state index in [0.29, 0.717) is 19.6 Å². The Labute approximate surface area is 116 Å². The summed E-state index contributed by atoms with van der Waals surface area (Å²) >= 11 is 0. The number of rotatable bonds is 8. The van der Waals surface area contributed by atoms with Crippen LogP contribution in [0.15, 0.2) is 42.5 Å². The first-order valence-corrected chi connectivity index (χ1v) is 8.33. The molecule has 0 aliphatic rings. The van der Waals surface area contributed by atoms with Gasteiger partial charge < -0.3 is 9.05 Å². The lowest BCUT2D eigenvalue weighted by Crippen LogP contribution is -2.14. The maximum absolute atomic E-state index is 12.8. The Morgan fingerprint density at radius 2 is 1.74 bits per heavy atom. The molecule has 0 aromatic heterocycles. The van der Waals surface area contributed by atoms with Gasteiger partial charge in [0.05, 0.1) is 18.9 Å². The van der Waals surface area contributed by atoms with Gasteiger partial charge in [0, 0.05) is 0 Å². The fourth-order valence-electron chi connectivity index (χ4n) is 1.95. The summed E-state index contributed by atoms with van der Waals surface area (Å²) in [5.74, 6) is 0. The van der Waals surface area contributed by atoms with Crippen molar-refractivity contribution in [1.82, 2.24) is 0 Å². The number of hydrogen-bond acceptors (Lipinski definition) is 3. The minimum Gasteiger partial charge on any atom is -0.308 e. The average molecular weight is 282 g/mol. The molecule has 0 saturated heterocycles. The molecule has 1 aromatic carbocycles. The van der Waals surface area contributed by atoms with Crippen LogP contribution >= 0.6 is 7.60 Å². The maximum atomic E-state index is 12.8. The van der Waals surface area contributed by atoms with Crippen molar-refractivity contribution in [2.45, 2.75) is 32.9 Å². The highest BCUT2D eigenvalue weighted by Crippen LogP contribution is 2.54. The van der Waals surface area contributed by atoms with Crippen molar-refractivity contribution in [3.05, 3.63) is 48.0 Å². The molecule has 1 unspecified atom stereocenters. The molecule has 4 heteroatoms. The number of allylic oxidation sites excluding steroid dienone is 2. The minimum atomic E-state index is -3.10. The van der Waals surface area contributed by atoms with E-state index in [0.717, 1.165) is 5.56 Å². The molecule has 0 fully saturated rings. The van der Waals surface area contributed by atoms with Gasteiger partial charge in [0.25, 0.3) is 0 Å². The molecule has 3 nitrogen and oxygen atoms in total. The number of hydrogen-bond donors (Lipinski definition) is 0. The fourth-order valence-corrected chi connectivity index (χ4v) is 3.95. The van der Waals surface area contributed by atoms with Gasteiger partial charge in [-0.15, -0.1) is 0 Å². The maximum Gasteiger partial charge on any atom is 0.337 e. The van der Waals surface area contributed by atoms with Gasteiger partial charge in [0.2, 0.25) is 0 Å². The molecule has 0 amide bonds. The van der Waals surface area contributed by atoms with E-state index >= 15 is 0 Å². The largest absolute Gasteiger partial charge is 0.337 e. The zero-order chi connectivity index (χ0) is 14.1. The normalized spacial score (nSPS) is 13.8. The third kappa shape index (κ3) is 4.94. The summed E-state index contributed by atoms with van der Waals surface area (Å²) in [6.07, 6.45) is 4.47. The Balaban J connectivity index is 2.94. The topological polar surface area (TPSA) is 35.5 Å². The Hall–Kier alpha value is -0.890. The van der Waals surface area contributed by atoms with Gasteiger partial charge in [-0.1, -0.05) is 42.5 Å². The lowest BCUT2D eigenvalue weighted by atomic mass is 10.1. The van der Waals surface area contributed by atoms with Crippen LogP contribution in [-0.4, -0.2) is 18.9 Å². The van der Waals surface area contributed by atoms with Crippen LogP contribution in [0.5, 0.6) is 0 Å². The van der Waals surface area contributed by atoms with Crippen LogP contribution in [0.4, 0.5) is 0 Å². The molecule has 0 saturated carbocycles. The summed E-state index contributed by atoms with van der Waals surface area (Å²) in [5.41, 5.74) is 0.894. The van der Waals surface area contributed by atoms with Gasteiger partial charge in [-0.2, -0.15) is 0 Å². The Kier molecular flexibility index (Phi) is 7.07. The molecule has 0 spiro atoms. The van der Waals surface area contributed by atoms with Crippen molar-refractivity contribution in [3.8, 4) is 0 Å². The van der Waals surface area contributed by atoms with Crippen molar-refractivity contribution in [1.29, 1.82) is 0 Å². The van der Waals surface area contributed by atoms with Crippen molar-refractivity contribution < 1.29 is 13.6 Å². The Morgan fingerprint density at radius 3 is 2.21 bits per heavy atom. The molecule has 0 radical (unpaired) electrons. The molecule has 0 heterocycles. The minimum absolute atomic E-state index is 0.236. The van der Waals surface area contributed by atoms with Crippen LogP contribution < -0.4 is 0 Å². The summed E-state index contributed by atoms with van der Waals surface area (Å²) in [7, 11) is -3.10. The second kappa shape index (κ2) is 8.31. The van der Waals surface area contributed by atoms with Crippen molar-refractivity contribution in [3.63, 3.8) is 0 Å². The smallest absolute Gasteiger partial charge is 0.308 e. The average Bonchev–Trinajstić information content (AvgIpc) is 2.40. The lowest BCUT2D eigenvalue weighted by Gasteiger charge is -2.24. The molecule has 0 aliphatic carbocycles. The summed E-state index contributed by atoms with van der Waals surface area (Å²) in [6.45, 7) is 6.36. The molecule has 1 rings (SSSR count). The zero-order valence-electron chi connectivity index (χ0n) is 11.9. The van der Waals surface area contributed by atoms with E-state index in [2.05, 4.69) is 0 Å². The first kappa shape index (κ1) is 16.2. The standard InChI is InChI=1S/C15H23O3P/c1-4-10-15(13-14-11-8-7-9-12-14)19(16,17-5-2)18-6-3/h4,7-12,15H,5-6,13H2,1-3H3/b10-4+. The molecule has 0 N–H and O–H groups in total. The summed E-state index contributed by atoms with van der Waals surface area (Å²) < 4.78 is 23.7. The molecule has 106 valence electrons. The van der Waals surface area contributed by atoms with Crippen LogP contribution in [-0.2, 0) is 20.0 Å². The number of benzene rings is 1. The molecule has 1 aromatic rings. The Bertz CT molecular complexity index is 418. The highest BCUT2D eigenvalue weighted by atomic mass is 31.2. The zero-order valence-corrected chi connectivity index (χ0v) is 12.8. The van der Waals surface area contributed by atoms with E-state index in [9.17, 15) is 4.57 Å². The molecule has 0 aliphatic heterocycles. The molecule has 19 heavy (non-hydrogen) atoms. The predicted octanol–water partition coefficient (Wildman–Crippen LogP) is 4.44. The van der Waals surface area contributed by atoms with E-state index in [1.165, 1.54) is 0 Å². The van der Waals surface area contributed by atoms with Crippen LogP contribution in [0.25, 0.3) is 0 Å². The third-order valence-electron chi connectivity index (χ3n) is 2.73. The molecule has 0 bridgehead atoms. The molecular formula is C15H23O3P. The summed E-state index contributed by atoms with van der Waals surface area (Å²) in [4.78, 5) is 0. The van der Waals surface area contributed by atoms with Crippen molar-refractivity contribution >= 4 is 7.60 Å². The van der Waals surface area contributed by atoms with Crippen LogP contribution in [0, 0.1) is 0 Å². The first-order valence-electron chi connectivity index (χ1n) is 6.71. The van der Waals surface area contributed by atoms with E-state index < -0.39 is 7.60 Å². The van der Waals surface area contributed by atoms with E-state index in [-0.39, 0.29) is 5.66 Å². The van der Waals surface area contributed by atoms with Gasteiger partial charge in [0.15, 0.2) is 0 Å². The van der Waals surface area contributed by atoms with Gasteiger partial charge in [-0.25, -0.2) is 0 Å². The molecule has 1 atom stereocenters. The van der Waals surface area contributed by atoms with E-state index in [1.54, 1.807) is 0 Å².